The number of carbonyl (C=O) groups excluding carboxylic acids is 2. The third-order valence-corrected chi connectivity index (χ3v) is 5.53. The second-order valence-electron chi connectivity index (χ2n) is 8.06. The third-order valence-electron chi connectivity index (χ3n) is 5.53. The molecule has 0 radical (unpaired) electrons. The average molecular weight is 428 g/mol. The number of esters is 2. The maximum absolute atomic E-state index is 12.6. The first kappa shape index (κ1) is 18.5. The molecule has 164 valence electrons. The molecule has 0 N–H and O–H groups in total. The van der Waals surface area contributed by atoms with Gasteiger partial charge in [-0.1, -0.05) is 6.07 Å². The number of carbonyl (C=O) groups is 2. The average Bonchev–Trinajstić information content (AvgIpc) is 3.48. The molecule has 1 heterocycles. The van der Waals surface area contributed by atoms with Crippen LogP contribution >= 0.6 is 0 Å². The van der Waals surface area contributed by atoms with Gasteiger partial charge in [-0.2, -0.15) is 0 Å². The molecule has 0 amide bonds. The first-order chi connectivity index (χ1) is 15.7. The first-order valence-corrected chi connectivity index (χ1v) is 10.1. The van der Waals surface area contributed by atoms with Crippen molar-refractivity contribution >= 4 is 11.9 Å². The molecule has 0 aromatic heterocycles. The lowest BCUT2D eigenvalue weighted by molar-refractivity contribution is -0.155. The predicted molar refractivity (Wildman–Crippen MR) is 112 cm³/mol. The van der Waals surface area contributed by atoms with Crippen LogP contribution in [0.5, 0.6) is 17.2 Å². The lowest BCUT2D eigenvalue weighted by Crippen LogP contribution is -2.28. The summed E-state index contributed by atoms with van der Waals surface area (Å²) in [6, 6.07) is 8.72. The lowest BCUT2D eigenvalue weighted by atomic mass is 9.99. The van der Waals surface area contributed by atoms with Crippen molar-refractivity contribution in [1.29, 1.82) is 0 Å². The Balaban J connectivity index is 1.73. The molecule has 0 spiro atoms. The van der Waals surface area contributed by atoms with Gasteiger partial charge in [0.25, 0.3) is 0 Å². The van der Waals surface area contributed by atoms with Gasteiger partial charge in [0.05, 0.1) is 28.6 Å². The van der Waals surface area contributed by atoms with E-state index in [0.29, 0.717) is 29.7 Å². The van der Waals surface area contributed by atoms with Crippen LogP contribution in [0.25, 0.3) is 11.1 Å². The third kappa shape index (κ3) is 3.92. The van der Waals surface area contributed by atoms with Gasteiger partial charge in [-0.15, -0.1) is 0 Å². The zero-order chi connectivity index (χ0) is 23.8. The number of hydrogen-bond donors (Lipinski definition) is 0. The summed E-state index contributed by atoms with van der Waals surface area (Å²) in [7, 11) is -0.168. The van der Waals surface area contributed by atoms with Crippen LogP contribution in [0.2, 0.25) is 0 Å². The molecule has 0 bridgehead atoms. The quantitative estimate of drug-likeness (QED) is 0.584. The van der Waals surface area contributed by atoms with Crippen molar-refractivity contribution in [1.82, 2.24) is 0 Å². The largest absolute Gasteiger partial charge is 0.493 e. The van der Waals surface area contributed by atoms with E-state index in [0.717, 1.165) is 11.1 Å². The SMILES string of the molecule is [2H]C([2H])Oc1c(OC)ccc(-c2ccc3c(c2)COC3=O)c1OCC1(C(=O)OC(C)C)CC1. The van der Waals surface area contributed by atoms with Crippen LogP contribution in [0.1, 0.15) is 45.4 Å². The zero-order valence-corrected chi connectivity index (χ0v) is 17.7. The maximum atomic E-state index is 12.6. The fraction of sp³-hybridized carbons (Fsp3) is 0.417. The smallest absolute Gasteiger partial charge is 0.338 e. The molecule has 7 heteroatoms. The molecule has 2 aromatic rings. The van der Waals surface area contributed by atoms with Gasteiger partial charge in [0.15, 0.2) is 11.5 Å². The van der Waals surface area contributed by atoms with E-state index in [-0.39, 0.29) is 42.8 Å². The van der Waals surface area contributed by atoms with Crippen molar-refractivity contribution in [2.45, 2.75) is 39.4 Å². The standard InChI is InChI=1S/C24H26O7/c1-14(2)31-23(26)24(9-10-24)13-30-20-17(7-8-19(27-3)21(20)28-4)15-5-6-18-16(11-15)12-29-22(18)25/h5-8,11,14H,9-10,12-13H2,1-4H3/i4D2. The Kier molecular flexibility index (Phi) is 4.86. The lowest BCUT2D eigenvalue weighted by Gasteiger charge is -2.21. The van der Waals surface area contributed by atoms with Crippen LogP contribution in [-0.4, -0.2) is 38.8 Å². The van der Waals surface area contributed by atoms with Gasteiger partial charge in [0, 0.05) is 11.1 Å². The molecule has 2 aromatic carbocycles. The van der Waals surface area contributed by atoms with Crippen molar-refractivity contribution in [2.24, 2.45) is 5.41 Å². The van der Waals surface area contributed by atoms with Gasteiger partial charge in [0.2, 0.25) is 5.75 Å². The van der Waals surface area contributed by atoms with Crippen LogP contribution in [0, 0.1) is 5.41 Å². The summed E-state index contributed by atoms with van der Waals surface area (Å²) in [5.74, 6) is -0.0140. The molecular formula is C24H26O7. The van der Waals surface area contributed by atoms with Gasteiger partial charge in [-0.3, -0.25) is 4.79 Å². The topological polar surface area (TPSA) is 80.3 Å². The number of ether oxygens (including phenoxy) is 5. The summed E-state index contributed by atoms with van der Waals surface area (Å²) in [5.41, 5.74) is 1.87. The Morgan fingerprint density at radius 3 is 2.61 bits per heavy atom. The summed E-state index contributed by atoms with van der Waals surface area (Å²) in [5, 5.41) is 0. The van der Waals surface area contributed by atoms with E-state index in [1.807, 2.05) is 6.07 Å². The summed E-state index contributed by atoms with van der Waals surface area (Å²) in [6.07, 6.45) is 1.06. The Bertz CT molecular complexity index is 1080. The highest BCUT2D eigenvalue weighted by Crippen LogP contribution is 2.50. The van der Waals surface area contributed by atoms with Crippen LogP contribution in [0.3, 0.4) is 0 Å². The highest BCUT2D eigenvalue weighted by atomic mass is 16.6. The monoisotopic (exact) mass is 428 g/mol. The number of benzene rings is 2. The molecular weight excluding hydrogens is 400 g/mol. The fourth-order valence-electron chi connectivity index (χ4n) is 3.60. The number of cyclic esters (lactones) is 1. The number of methoxy groups -OCH3 is 2. The summed E-state index contributed by atoms with van der Waals surface area (Å²) in [4.78, 5) is 24.4. The van der Waals surface area contributed by atoms with E-state index in [1.54, 1.807) is 38.1 Å². The summed E-state index contributed by atoms with van der Waals surface area (Å²) in [6.45, 7) is 3.84. The molecule has 1 fully saturated rings. The van der Waals surface area contributed by atoms with Crippen molar-refractivity contribution in [3.05, 3.63) is 41.5 Å². The highest BCUT2D eigenvalue weighted by Gasteiger charge is 2.53. The fourth-order valence-corrected chi connectivity index (χ4v) is 3.60. The Labute approximate surface area is 184 Å². The maximum Gasteiger partial charge on any atom is 0.338 e. The first-order valence-electron chi connectivity index (χ1n) is 11.3. The molecule has 1 aliphatic carbocycles. The van der Waals surface area contributed by atoms with Crippen molar-refractivity contribution in [3.8, 4) is 28.4 Å². The molecule has 1 aliphatic heterocycles. The Hall–Kier alpha value is -3.22. The van der Waals surface area contributed by atoms with Crippen LogP contribution in [0.15, 0.2) is 30.3 Å². The van der Waals surface area contributed by atoms with E-state index in [2.05, 4.69) is 0 Å². The minimum Gasteiger partial charge on any atom is -0.493 e. The van der Waals surface area contributed by atoms with Gasteiger partial charge in [0.1, 0.15) is 18.6 Å². The minimum atomic E-state index is -1.62. The Morgan fingerprint density at radius 2 is 1.94 bits per heavy atom. The zero-order valence-electron chi connectivity index (χ0n) is 19.7. The minimum absolute atomic E-state index is 0.0578. The number of fused-ring (bicyclic) bond motifs is 1. The van der Waals surface area contributed by atoms with Crippen molar-refractivity contribution < 1.29 is 36.0 Å². The number of rotatable bonds is 8. The van der Waals surface area contributed by atoms with E-state index in [4.69, 9.17) is 26.4 Å². The van der Waals surface area contributed by atoms with Crippen LogP contribution in [0.4, 0.5) is 0 Å². The normalized spacial score (nSPS) is 16.9. The molecule has 2 aliphatic rings. The predicted octanol–water partition coefficient (Wildman–Crippen LogP) is 4.15. The number of hydrogen-bond acceptors (Lipinski definition) is 7. The summed E-state index contributed by atoms with van der Waals surface area (Å²) < 4.78 is 42.7. The van der Waals surface area contributed by atoms with Gasteiger partial charge < -0.3 is 23.7 Å². The second kappa shape index (κ2) is 8.13. The Morgan fingerprint density at radius 1 is 1.16 bits per heavy atom. The van der Waals surface area contributed by atoms with Gasteiger partial charge in [-0.25, -0.2) is 4.79 Å². The molecule has 0 atom stereocenters. The van der Waals surface area contributed by atoms with E-state index >= 15 is 0 Å². The molecule has 1 saturated carbocycles. The second-order valence-corrected chi connectivity index (χ2v) is 8.06. The molecule has 31 heavy (non-hydrogen) atoms. The molecule has 7 nitrogen and oxygen atoms in total. The molecule has 0 unspecified atom stereocenters. The highest BCUT2D eigenvalue weighted by molar-refractivity contribution is 5.94. The van der Waals surface area contributed by atoms with Crippen molar-refractivity contribution in [2.75, 3.05) is 20.8 Å². The van der Waals surface area contributed by atoms with E-state index in [1.165, 1.54) is 7.11 Å². The molecule has 0 saturated heterocycles. The van der Waals surface area contributed by atoms with E-state index in [9.17, 15) is 9.59 Å². The van der Waals surface area contributed by atoms with Gasteiger partial charge in [-0.05, 0) is 56.5 Å². The molecule has 4 rings (SSSR count). The van der Waals surface area contributed by atoms with E-state index < -0.39 is 12.5 Å². The van der Waals surface area contributed by atoms with Crippen molar-refractivity contribution in [3.63, 3.8) is 0 Å². The van der Waals surface area contributed by atoms with Crippen LogP contribution < -0.4 is 14.2 Å². The van der Waals surface area contributed by atoms with Gasteiger partial charge >= 0.3 is 11.9 Å². The summed E-state index contributed by atoms with van der Waals surface area (Å²) >= 11 is 0. The van der Waals surface area contributed by atoms with Crippen LogP contribution in [-0.2, 0) is 20.9 Å².